The van der Waals surface area contributed by atoms with Crippen molar-refractivity contribution in [3.63, 3.8) is 0 Å². The zero-order chi connectivity index (χ0) is 67.0. The molecule has 0 amide bonds. The molecular weight excluding hydrogens is 1200 g/mol. The predicted molar refractivity (Wildman–Crippen MR) is 368 cm³/mol. The summed E-state index contributed by atoms with van der Waals surface area (Å²) in [6.07, 6.45) is 52.8. The minimum atomic E-state index is -4.95. The van der Waals surface area contributed by atoms with Crippen molar-refractivity contribution in [2.75, 3.05) is 39.6 Å². The van der Waals surface area contributed by atoms with E-state index in [2.05, 4.69) is 34.6 Å². The van der Waals surface area contributed by atoms with Crippen LogP contribution in [0, 0.1) is 5.92 Å². The smallest absolute Gasteiger partial charge is 0.462 e. The van der Waals surface area contributed by atoms with Gasteiger partial charge in [-0.1, -0.05) is 324 Å². The molecule has 17 nitrogen and oxygen atoms in total. The first-order valence-electron chi connectivity index (χ1n) is 37.7. The fourth-order valence-corrected chi connectivity index (χ4v) is 12.5. The maximum absolute atomic E-state index is 13.0. The SMILES string of the molecule is CCCCCCCCCCCCCCCCCCCCCCC(=O)O[C@H](COC(=O)CCCCCCCCCCC(C)CC)COP(=O)(O)OC[C@@H](O)COP(=O)(O)OC[C@@H](COC(=O)CCCCCCCCCCC)OC(=O)CCCCCCCCCCCC. The molecular formula is C72H140O17P2. The van der Waals surface area contributed by atoms with Crippen molar-refractivity contribution in [2.24, 2.45) is 5.92 Å². The van der Waals surface area contributed by atoms with Gasteiger partial charge in [-0.15, -0.1) is 0 Å². The number of phosphoric ester groups is 2. The number of esters is 4. The molecule has 0 aliphatic rings. The van der Waals surface area contributed by atoms with Gasteiger partial charge in [0.2, 0.25) is 0 Å². The van der Waals surface area contributed by atoms with Crippen LogP contribution in [0.15, 0.2) is 0 Å². The monoisotopic (exact) mass is 1340 g/mol. The minimum absolute atomic E-state index is 0.107. The van der Waals surface area contributed by atoms with Crippen molar-refractivity contribution < 1.29 is 80.2 Å². The van der Waals surface area contributed by atoms with E-state index < -0.39 is 97.5 Å². The van der Waals surface area contributed by atoms with E-state index >= 15 is 0 Å². The van der Waals surface area contributed by atoms with Crippen molar-refractivity contribution in [3.05, 3.63) is 0 Å². The van der Waals surface area contributed by atoms with E-state index in [0.717, 1.165) is 95.8 Å². The molecule has 6 atom stereocenters. The molecule has 0 aliphatic carbocycles. The molecule has 0 saturated heterocycles. The number of carbonyl (C=O) groups excluding carboxylic acids is 4. The van der Waals surface area contributed by atoms with Gasteiger partial charge in [0.25, 0.3) is 0 Å². The molecule has 0 aromatic carbocycles. The van der Waals surface area contributed by atoms with Crippen molar-refractivity contribution in [2.45, 2.75) is 393 Å². The molecule has 0 bridgehead atoms. The summed E-state index contributed by atoms with van der Waals surface area (Å²) in [5.74, 6) is -1.34. The van der Waals surface area contributed by atoms with Crippen molar-refractivity contribution in [1.82, 2.24) is 0 Å². The number of hydrogen-bond acceptors (Lipinski definition) is 15. The van der Waals surface area contributed by atoms with E-state index in [9.17, 15) is 43.2 Å². The van der Waals surface area contributed by atoms with Crippen molar-refractivity contribution in [1.29, 1.82) is 0 Å². The second-order valence-corrected chi connectivity index (χ2v) is 29.1. The van der Waals surface area contributed by atoms with Crippen LogP contribution in [0.4, 0.5) is 0 Å². The third-order valence-electron chi connectivity index (χ3n) is 17.1. The summed E-state index contributed by atoms with van der Waals surface area (Å²) < 4.78 is 68.3. The Bertz CT molecular complexity index is 1760. The number of unbranched alkanes of at least 4 members (excludes halogenated alkanes) is 43. The highest BCUT2D eigenvalue weighted by molar-refractivity contribution is 7.47. The Hall–Kier alpha value is -1.94. The first kappa shape index (κ1) is 89.1. The number of phosphoric acid groups is 2. The maximum atomic E-state index is 13.0. The number of rotatable bonds is 72. The Morgan fingerprint density at radius 2 is 0.527 bits per heavy atom. The van der Waals surface area contributed by atoms with Gasteiger partial charge in [-0.3, -0.25) is 37.3 Å². The highest BCUT2D eigenvalue weighted by Gasteiger charge is 2.30. The maximum Gasteiger partial charge on any atom is 0.472 e. The zero-order valence-electron chi connectivity index (χ0n) is 59.0. The highest BCUT2D eigenvalue weighted by atomic mass is 31.2. The molecule has 0 heterocycles. The molecule has 0 radical (unpaired) electrons. The molecule has 91 heavy (non-hydrogen) atoms. The second-order valence-electron chi connectivity index (χ2n) is 26.2. The zero-order valence-corrected chi connectivity index (χ0v) is 60.8. The van der Waals surface area contributed by atoms with Gasteiger partial charge in [-0.25, -0.2) is 9.13 Å². The molecule has 3 N–H and O–H groups in total. The number of aliphatic hydroxyl groups is 1. The van der Waals surface area contributed by atoms with E-state index in [1.54, 1.807) is 0 Å². The van der Waals surface area contributed by atoms with Crippen molar-refractivity contribution in [3.8, 4) is 0 Å². The Morgan fingerprint density at radius 1 is 0.308 bits per heavy atom. The first-order valence-corrected chi connectivity index (χ1v) is 40.7. The van der Waals surface area contributed by atoms with E-state index in [0.29, 0.717) is 25.7 Å². The largest absolute Gasteiger partial charge is 0.472 e. The average molecular weight is 1340 g/mol. The van der Waals surface area contributed by atoms with Crippen LogP contribution in [-0.4, -0.2) is 96.7 Å². The van der Waals surface area contributed by atoms with Crippen LogP contribution in [0.2, 0.25) is 0 Å². The van der Waals surface area contributed by atoms with Gasteiger partial charge in [0.05, 0.1) is 26.4 Å². The summed E-state index contributed by atoms with van der Waals surface area (Å²) in [5.41, 5.74) is 0. The van der Waals surface area contributed by atoms with Crippen LogP contribution in [0.1, 0.15) is 375 Å². The van der Waals surface area contributed by atoms with Gasteiger partial charge in [-0.05, 0) is 31.6 Å². The third-order valence-corrected chi connectivity index (χ3v) is 19.0. The quantitative estimate of drug-likeness (QED) is 0.0222. The predicted octanol–water partition coefficient (Wildman–Crippen LogP) is 20.9. The van der Waals surface area contributed by atoms with Crippen LogP contribution in [-0.2, 0) is 65.4 Å². The first-order chi connectivity index (χ1) is 44.1. The van der Waals surface area contributed by atoms with Crippen molar-refractivity contribution >= 4 is 39.5 Å². The summed E-state index contributed by atoms with van der Waals surface area (Å²) in [6, 6.07) is 0. The van der Waals surface area contributed by atoms with E-state index in [1.165, 1.54) is 199 Å². The third kappa shape index (κ3) is 65.1. The molecule has 540 valence electrons. The van der Waals surface area contributed by atoms with Crippen LogP contribution < -0.4 is 0 Å². The molecule has 0 spiro atoms. The fourth-order valence-electron chi connectivity index (χ4n) is 11.0. The average Bonchev–Trinajstić information content (AvgIpc) is 3.61. The lowest BCUT2D eigenvalue weighted by atomic mass is 9.99. The van der Waals surface area contributed by atoms with Crippen LogP contribution in [0.25, 0.3) is 0 Å². The minimum Gasteiger partial charge on any atom is -0.462 e. The molecule has 0 fully saturated rings. The van der Waals surface area contributed by atoms with Gasteiger partial charge in [0, 0.05) is 25.7 Å². The normalized spacial score (nSPS) is 14.3. The number of aliphatic hydroxyl groups excluding tert-OH is 1. The van der Waals surface area contributed by atoms with Gasteiger partial charge in [-0.2, -0.15) is 0 Å². The van der Waals surface area contributed by atoms with Gasteiger partial charge < -0.3 is 33.8 Å². The molecule has 0 rings (SSSR count). The topological polar surface area (TPSA) is 237 Å². The lowest BCUT2D eigenvalue weighted by molar-refractivity contribution is -0.161. The Kier molecular flexibility index (Phi) is 64.0. The molecule has 19 heteroatoms. The lowest BCUT2D eigenvalue weighted by Crippen LogP contribution is -2.30. The summed E-state index contributed by atoms with van der Waals surface area (Å²) in [7, 11) is -9.90. The number of ether oxygens (including phenoxy) is 4. The molecule has 0 aromatic heterocycles. The van der Waals surface area contributed by atoms with Gasteiger partial charge in [0.15, 0.2) is 12.2 Å². The second kappa shape index (κ2) is 65.4. The Labute approximate surface area is 556 Å². The molecule has 0 aliphatic heterocycles. The number of carbonyl (C=O) groups is 4. The van der Waals surface area contributed by atoms with Crippen LogP contribution in [0.5, 0.6) is 0 Å². The molecule has 3 unspecified atom stereocenters. The Morgan fingerprint density at radius 3 is 0.780 bits per heavy atom. The van der Waals surface area contributed by atoms with Crippen LogP contribution in [0.3, 0.4) is 0 Å². The summed E-state index contributed by atoms with van der Waals surface area (Å²) in [5, 5.41) is 10.6. The fraction of sp³-hybridized carbons (Fsp3) is 0.944. The van der Waals surface area contributed by atoms with Gasteiger partial charge >= 0.3 is 39.5 Å². The standard InChI is InChI=1S/C72H140O17P2/c1-6-10-13-16-19-22-24-25-26-27-28-29-30-31-32-33-36-43-48-53-58-72(77)89-68(62-83-70(75)56-51-46-41-38-37-39-44-49-54-65(5)9-4)64-87-91(80,81)85-60-66(73)59-84-90(78,79)86-63-67(61-82-69(74)55-50-45-40-34-21-18-15-12-8-3)88-71(76)57-52-47-42-35-23-20-17-14-11-7-2/h65-68,73H,6-64H2,1-5H3,(H,78,79)(H,80,81)/t65?,66-,67+,68+/m0/s1. The van der Waals surface area contributed by atoms with Gasteiger partial charge in [0.1, 0.15) is 19.3 Å². The summed E-state index contributed by atoms with van der Waals surface area (Å²) >= 11 is 0. The van der Waals surface area contributed by atoms with E-state index in [1.807, 2.05) is 0 Å². The van der Waals surface area contributed by atoms with E-state index in [4.69, 9.17) is 37.0 Å². The lowest BCUT2D eigenvalue weighted by Gasteiger charge is -2.21. The molecule has 0 aromatic rings. The highest BCUT2D eigenvalue weighted by Crippen LogP contribution is 2.45. The number of hydrogen-bond donors (Lipinski definition) is 3. The summed E-state index contributed by atoms with van der Waals surface area (Å²) in [6.45, 7) is 7.24. The molecule has 0 saturated carbocycles. The van der Waals surface area contributed by atoms with E-state index in [-0.39, 0.29) is 25.7 Å². The van der Waals surface area contributed by atoms with Crippen LogP contribution >= 0.6 is 15.6 Å². The Balaban J connectivity index is 5.18. The summed E-state index contributed by atoms with van der Waals surface area (Å²) in [4.78, 5) is 72.5.